The van der Waals surface area contributed by atoms with Crippen LogP contribution in [-0.4, -0.2) is 60.9 Å². The third kappa shape index (κ3) is 6.12. The van der Waals surface area contributed by atoms with E-state index in [2.05, 4.69) is 10.6 Å². The summed E-state index contributed by atoms with van der Waals surface area (Å²) in [5, 5.41) is 14.2. The molecule has 3 rings (SSSR count). The lowest BCUT2D eigenvalue weighted by Gasteiger charge is -2.33. The Hall–Kier alpha value is -3.36. The third-order valence-corrected chi connectivity index (χ3v) is 5.46. The normalized spacial score (nSPS) is 15.2. The summed E-state index contributed by atoms with van der Waals surface area (Å²) in [5.74, 6) is -0.167. The highest BCUT2D eigenvalue weighted by Crippen LogP contribution is 2.34. The molecule has 0 bridgehead atoms. The van der Waals surface area contributed by atoms with Crippen molar-refractivity contribution in [2.24, 2.45) is 0 Å². The van der Waals surface area contributed by atoms with Crippen molar-refractivity contribution in [3.05, 3.63) is 46.7 Å². The maximum atomic E-state index is 13.1. The van der Waals surface area contributed by atoms with Crippen LogP contribution < -0.4 is 10.6 Å². The van der Waals surface area contributed by atoms with Crippen LogP contribution in [0.25, 0.3) is 0 Å². The highest BCUT2D eigenvalue weighted by molar-refractivity contribution is 5.93. The van der Waals surface area contributed by atoms with Gasteiger partial charge in [0.25, 0.3) is 0 Å². The fourth-order valence-corrected chi connectivity index (χ4v) is 3.56. The van der Waals surface area contributed by atoms with Crippen molar-refractivity contribution in [2.45, 2.75) is 20.0 Å². The molecule has 2 aromatic rings. The van der Waals surface area contributed by atoms with Crippen LogP contribution in [0.2, 0.25) is 0 Å². The molecule has 0 saturated carbocycles. The number of nitrogens with one attached hydrogen (secondary N) is 2. The Labute approximate surface area is 188 Å². The zero-order valence-electron chi connectivity index (χ0n) is 18.3. The van der Waals surface area contributed by atoms with Gasteiger partial charge in [-0.3, -0.25) is 24.7 Å². The molecule has 0 atom stereocenters. The summed E-state index contributed by atoms with van der Waals surface area (Å²) in [6, 6.07) is 6.86. The van der Waals surface area contributed by atoms with Crippen molar-refractivity contribution in [1.82, 2.24) is 9.80 Å². The number of nitrogens with zero attached hydrogens (tertiary/aromatic N) is 3. The number of para-hydroxylation sites is 1. The second-order valence-electron chi connectivity index (χ2n) is 7.79. The van der Waals surface area contributed by atoms with E-state index in [4.69, 9.17) is 4.42 Å². The predicted molar refractivity (Wildman–Crippen MR) is 114 cm³/mol. The van der Waals surface area contributed by atoms with Gasteiger partial charge >= 0.3 is 6.18 Å². The minimum Gasteiger partial charge on any atom is -0.444 e. The third-order valence-electron chi connectivity index (χ3n) is 5.46. The first kappa shape index (κ1) is 24.3. The van der Waals surface area contributed by atoms with Gasteiger partial charge in [0.2, 0.25) is 17.7 Å². The zero-order valence-corrected chi connectivity index (χ0v) is 18.3. The Kier molecular flexibility index (Phi) is 7.40. The maximum Gasteiger partial charge on any atom is 0.418 e. The highest BCUT2D eigenvalue weighted by Gasteiger charge is 2.33. The van der Waals surface area contributed by atoms with E-state index < -0.39 is 17.6 Å². The standard InChI is InChI=1S/C22H24F3N5O3/c1-14-15(2)33-21(16(14)11-26)28-20(32)13-30-9-7-29(8-10-30)12-19(31)27-18-6-4-3-5-17(18)22(23,24)25/h3-6H,7-10,12-13H2,1-2H3,(H,27,31)(H,28,32). The summed E-state index contributed by atoms with van der Waals surface area (Å²) in [6.07, 6.45) is -4.56. The summed E-state index contributed by atoms with van der Waals surface area (Å²) in [5.41, 5.74) is -0.192. The molecule has 8 nitrogen and oxygen atoms in total. The number of hydrogen-bond donors (Lipinski definition) is 2. The Bertz CT molecular complexity index is 1070. The molecule has 0 unspecified atom stereocenters. The van der Waals surface area contributed by atoms with Crippen LogP contribution in [-0.2, 0) is 15.8 Å². The number of anilines is 2. The number of furan rings is 1. The summed E-state index contributed by atoms with van der Waals surface area (Å²) < 4.78 is 44.7. The number of piperazine rings is 1. The van der Waals surface area contributed by atoms with E-state index in [0.717, 1.165) is 6.07 Å². The van der Waals surface area contributed by atoms with Crippen LogP contribution in [0.15, 0.2) is 28.7 Å². The first-order valence-corrected chi connectivity index (χ1v) is 10.3. The van der Waals surface area contributed by atoms with Gasteiger partial charge in [0.1, 0.15) is 17.4 Å². The Morgan fingerprint density at radius 3 is 2.12 bits per heavy atom. The van der Waals surface area contributed by atoms with E-state index >= 15 is 0 Å². The number of hydrogen-bond acceptors (Lipinski definition) is 6. The highest BCUT2D eigenvalue weighted by atomic mass is 19.4. The number of aryl methyl sites for hydroxylation is 1. The minimum absolute atomic E-state index is 0.0529. The molecular weight excluding hydrogens is 439 g/mol. The van der Waals surface area contributed by atoms with Gasteiger partial charge in [-0.1, -0.05) is 12.1 Å². The van der Waals surface area contributed by atoms with Crippen molar-refractivity contribution in [1.29, 1.82) is 5.26 Å². The zero-order chi connectivity index (χ0) is 24.2. The average molecular weight is 463 g/mol. The van der Waals surface area contributed by atoms with Gasteiger partial charge in [-0.05, 0) is 26.0 Å². The van der Waals surface area contributed by atoms with Crippen LogP contribution in [0.3, 0.4) is 0 Å². The van der Waals surface area contributed by atoms with Gasteiger partial charge in [0, 0.05) is 31.7 Å². The van der Waals surface area contributed by atoms with Gasteiger partial charge in [-0.2, -0.15) is 18.4 Å². The molecule has 1 aromatic carbocycles. The van der Waals surface area contributed by atoms with Crippen LogP contribution >= 0.6 is 0 Å². The van der Waals surface area contributed by atoms with Gasteiger partial charge in [-0.15, -0.1) is 0 Å². The number of carbonyl (C=O) groups excluding carboxylic acids is 2. The molecule has 1 saturated heterocycles. The van der Waals surface area contributed by atoms with Crippen LogP contribution in [0.4, 0.5) is 24.7 Å². The van der Waals surface area contributed by atoms with Crippen LogP contribution in [0.5, 0.6) is 0 Å². The number of benzene rings is 1. The lowest BCUT2D eigenvalue weighted by molar-refractivity contribution is -0.137. The van der Waals surface area contributed by atoms with Crippen LogP contribution in [0, 0.1) is 25.2 Å². The number of carbonyl (C=O) groups is 2. The summed E-state index contributed by atoms with van der Waals surface area (Å²) in [6.45, 7) is 5.44. The Balaban J connectivity index is 1.47. The van der Waals surface area contributed by atoms with E-state index in [-0.39, 0.29) is 30.6 Å². The van der Waals surface area contributed by atoms with Crippen molar-refractivity contribution in [3.8, 4) is 6.07 Å². The van der Waals surface area contributed by atoms with E-state index in [9.17, 15) is 28.0 Å². The maximum absolute atomic E-state index is 13.1. The van der Waals surface area contributed by atoms with Gasteiger partial charge in [0.15, 0.2) is 0 Å². The Morgan fingerprint density at radius 2 is 1.58 bits per heavy atom. The lowest BCUT2D eigenvalue weighted by atomic mass is 10.1. The number of alkyl halides is 3. The summed E-state index contributed by atoms with van der Waals surface area (Å²) >= 11 is 0. The Morgan fingerprint density at radius 1 is 1.03 bits per heavy atom. The van der Waals surface area contributed by atoms with Crippen molar-refractivity contribution in [3.63, 3.8) is 0 Å². The fraction of sp³-hybridized carbons (Fsp3) is 0.409. The first-order chi connectivity index (χ1) is 15.6. The van der Waals surface area contributed by atoms with E-state index in [1.807, 2.05) is 15.9 Å². The van der Waals surface area contributed by atoms with Crippen molar-refractivity contribution < 1.29 is 27.2 Å². The van der Waals surface area contributed by atoms with Gasteiger partial charge in [0.05, 0.1) is 24.3 Å². The first-order valence-electron chi connectivity index (χ1n) is 10.3. The second-order valence-corrected chi connectivity index (χ2v) is 7.79. The quantitative estimate of drug-likeness (QED) is 0.683. The van der Waals surface area contributed by atoms with Crippen molar-refractivity contribution in [2.75, 3.05) is 49.9 Å². The number of amides is 2. The molecule has 2 heterocycles. The van der Waals surface area contributed by atoms with Gasteiger partial charge in [-0.25, -0.2) is 0 Å². The molecule has 1 aromatic heterocycles. The number of rotatable bonds is 6. The smallest absolute Gasteiger partial charge is 0.418 e. The molecule has 1 aliphatic rings. The minimum atomic E-state index is -4.56. The molecule has 1 fully saturated rings. The lowest BCUT2D eigenvalue weighted by Crippen LogP contribution is -2.50. The van der Waals surface area contributed by atoms with E-state index in [0.29, 0.717) is 43.1 Å². The molecule has 11 heteroatoms. The molecule has 0 radical (unpaired) electrons. The molecule has 2 amide bonds. The topological polar surface area (TPSA) is 102 Å². The SMILES string of the molecule is Cc1oc(NC(=O)CN2CCN(CC(=O)Nc3ccccc3C(F)(F)F)CC2)c(C#N)c1C. The summed E-state index contributed by atoms with van der Waals surface area (Å²) in [4.78, 5) is 28.3. The summed E-state index contributed by atoms with van der Waals surface area (Å²) in [7, 11) is 0. The molecule has 1 aliphatic heterocycles. The molecule has 0 aliphatic carbocycles. The molecule has 176 valence electrons. The van der Waals surface area contributed by atoms with E-state index in [1.165, 1.54) is 18.2 Å². The molecule has 2 N–H and O–H groups in total. The molecule has 33 heavy (non-hydrogen) atoms. The monoisotopic (exact) mass is 463 g/mol. The predicted octanol–water partition coefficient (Wildman–Crippen LogP) is 2.98. The van der Waals surface area contributed by atoms with Crippen LogP contribution in [0.1, 0.15) is 22.5 Å². The van der Waals surface area contributed by atoms with Crippen molar-refractivity contribution >= 4 is 23.4 Å². The largest absolute Gasteiger partial charge is 0.444 e. The second kappa shape index (κ2) is 10.1. The number of halogens is 3. The fourth-order valence-electron chi connectivity index (χ4n) is 3.56. The molecule has 0 spiro atoms. The van der Waals surface area contributed by atoms with E-state index in [1.54, 1.807) is 13.8 Å². The van der Waals surface area contributed by atoms with Gasteiger partial charge < -0.3 is 9.73 Å². The average Bonchev–Trinajstić information content (AvgIpc) is 3.01. The molecular formula is C22H24F3N5O3. The number of nitriles is 1.